The second-order valence-electron chi connectivity index (χ2n) is 3.85. The van der Waals surface area contributed by atoms with Crippen molar-refractivity contribution in [3.05, 3.63) is 12.3 Å². The summed E-state index contributed by atoms with van der Waals surface area (Å²) in [5, 5.41) is 0. The molecule has 0 saturated carbocycles. The van der Waals surface area contributed by atoms with Gasteiger partial charge in [-0.3, -0.25) is 0 Å². The zero-order valence-corrected chi connectivity index (χ0v) is 9.59. The van der Waals surface area contributed by atoms with Gasteiger partial charge < -0.3 is 15.4 Å². The molecule has 1 aromatic heterocycles. The fraction of sp³-hybridized carbons (Fsp3) is 0.636. The molecule has 0 amide bonds. The van der Waals surface area contributed by atoms with Gasteiger partial charge in [-0.15, -0.1) is 0 Å². The third kappa shape index (κ3) is 2.24. The first-order valence-corrected chi connectivity index (χ1v) is 5.77. The van der Waals surface area contributed by atoms with Crippen molar-refractivity contribution in [1.29, 1.82) is 0 Å². The lowest BCUT2D eigenvalue weighted by Crippen LogP contribution is -2.36. The van der Waals surface area contributed by atoms with Crippen molar-refractivity contribution in [3.8, 4) is 5.88 Å². The number of nitrogens with zero attached hydrogens (tertiary/aromatic N) is 3. The van der Waals surface area contributed by atoms with Gasteiger partial charge in [0.05, 0.1) is 6.61 Å². The lowest BCUT2D eigenvalue weighted by Gasteiger charge is -2.23. The highest BCUT2D eigenvalue weighted by atomic mass is 16.5. The summed E-state index contributed by atoms with van der Waals surface area (Å²) in [7, 11) is 0. The molecule has 1 unspecified atom stereocenters. The van der Waals surface area contributed by atoms with Crippen molar-refractivity contribution in [2.24, 2.45) is 5.73 Å². The standard InChI is InChI=1S/C11H18N4O/c1-2-16-10-5-6-13-11(14-10)15-7-3-4-9(15)8-12/h5-6,9H,2-4,7-8,12H2,1H3. The van der Waals surface area contributed by atoms with E-state index in [0.717, 1.165) is 25.3 Å². The highest BCUT2D eigenvalue weighted by Crippen LogP contribution is 2.22. The van der Waals surface area contributed by atoms with Crippen LogP contribution < -0.4 is 15.4 Å². The molecule has 0 bridgehead atoms. The Hall–Kier alpha value is -1.36. The summed E-state index contributed by atoms with van der Waals surface area (Å²) in [5.41, 5.74) is 5.73. The molecule has 0 radical (unpaired) electrons. The summed E-state index contributed by atoms with van der Waals surface area (Å²) in [6.45, 7) is 4.21. The predicted octanol–water partition coefficient (Wildman–Crippen LogP) is 0.803. The molecule has 1 fully saturated rings. The van der Waals surface area contributed by atoms with E-state index in [4.69, 9.17) is 10.5 Å². The van der Waals surface area contributed by atoms with Crippen LogP contribution in [0, 0.1) is 0 Å². The summed E-state index contributed by atoms with van der Waals surface area (Å²) in [4.78, 5) is 10.8. The van der Waals surface area contributed by atoms with Gasteiger partial charge in [0.1, 0.15) is 0 Å². The van der Waals surface area contributed by atoms with Crippen molar-refractivity contribution in [1.82, 2.24) is 9.97 Å². The molecule has 1 saturated heterocycles. The molecule has 2 rings (SSSR count). The van der Waals surface area contributed by atoms with E-state index in [-0.39, 0.29) is 0 Å². The largest absolute Gasteiger partial charge is 0.478 e. The molecule has 0 aromatic carbocycles. The monoisotopic (exact) mass is 222 g/mol. The van der Waals surface area contributed by atoms with Gasteiger partial charge in [0, 0.05) is 31.4 Å². The Kier molecular flexibility index (Phi) is 3.56. The second-order valence-corrected chi connectivity index (χ2v) is 3.85. The highest BCUT2D eigenvalue weighted by Gasteiger charge is 2.25. The van der Waals surface area contributed by atoms with Gasteiger partial charge in [0.15, 0.2) is 0 Å². The average Bonchev–Trinajstić information content (AvgIpc) is 2.78. The van der Waals surface area contributed by atoms with Crippen LogP contribution in [0.5, 0.6) is 5.88 Å². The zero-order chi connectivity index (χ0) is 11.4. The molecule has 5 nitrogen and oxygen atoms in total. The quantitative estimate of drug-likeness (QED) is 0.816. The molecule has 88 valence electrons. The van der Waals surface area contributed by atoms with Crippen molar-refractivity contribution >= 4 is 5.95 Å². The van der Waals surface area contributed by atoms with Crippen molar-refractivity contribution in [2.45, 2.75) is 25.8 Å². The Bertz CT molecular complexity index is 345. The van der Waals surface area contributed by atoms with Crippen LogP contribution in [0.2, 0.25) is 0 Å². The van der Waals surface area contributed by atoms with Crippen LogP contribution in [0.3, 0.4) is 0 Å². The first kappa shape index (κ1) is 11.1. The Morgan fingerprint density at radius 3 is 3.25 bits per heavy atom. The molecule has 1 aliphatic heterocycles. The lowest BCUT2D eigenvalue weighted by molar-refractivity contribution is 0.326. The van der Waals surface area contributed by atoms with Crippen LogP contribution >= 0.6 is 0 Å². The predicted molar refractivity (Wildman–Crippen MR) is 62.6 cm³/mol. The molecular weight excluding hydrogens is 204 g/mol. The SMILES string of the molecule is CCOc1ccnc(N2CCCC2CN)n1. The van der Waals surface area contributed by atoms with Gasteiger partial charge in [0.25, 0.3) is 0 Å². The number of nitrogens with two attached hydrogens (primary N) is 1. The molecule has 5 heteroatoms. The maximum Gasteiger partial charge on any atom is 0.228 e. The molecule has 0 spiro atoms. The fourth-order valence-corrected chi connectivity index (χ4v) is 2.04. The molecule has 16 heavy (non-hydrogen) atoms. The van der Waals surface area contributed by atoms with E-state index in [9.17, 15) is 0 Å². The van der Waals surface area contributed by atoms with E-state index in [0.29, 0.717) is 25.1 Å². The van der Waals surface area contributed by atoms with E-state index >= 15 is 0 Å². The van der Waals surface area contributed by atoms with Crippen LogP contribution in [0.15, 0.2) is 12.3 Å². The summed E-state index contributed by atoms with van der Waals surface area (Å²) < 4.78 is 5.37. The van der Waals surface area contributed by atoms with Crippen molar-refractivity contribution < 1.29 is 4.74 Å². The number of rotatable bonds is 4. The van der Waals surface area contributed by atoms with Crippen LogP contribution in [-0.4, -0.2) is 35.7 Å². The van der Waals surface area contributed by atoms with Gasteiger partial charge >= 0.3 is 0 Å². The Morgan fingerprint density at radius 2 is 2.50 bits per heavy atom. The number of hydrogen-bond donors (Lipinski definition) is 1. The maximum absolute atomic E-state index is 5.73. The topological polar surface area (TPSA) is 64.3 Å². The smallest absolute Gasteiger partial charge is 0.228 e. The highest BCUT2D eigenvalue weighted by molar-refractivity contribution is 5.35. The van der Waals surface area contributed by atoms with Crippen molar-refractivity contribution in [2.75, 3.05) is 24.6 Å². The van der Waals surface area contributed by atoms with Crippen molar-refractivity contribution in [3.63, 3.8) is 0 Å². The van der Waals surface area contributed by atoms with Crippen LogP contribution in [0.25, 0.3) is 0 Å². The zero-order valence-electron chi connectivity index (χ0n) is 9.59. The number of anilines is 1. The first-order chi connectivity index (χ1) is 7.85. The third-order valence-corrected chi connectivity index (χ3v) is 2.82. The molecule has 2 N–H and O–H groups in total. The number of ether oxygens (including phenoxy) is 1. The molecule has 1 atom stereocenters. The normalized spacial score (nSPS) is 20.1. The van der Waals surface area contributed by atoms with E-state index in [2.05, 4.69) is 14.9 Å². The summed E-state index contributed by atoms with van der Waals surface area (Å²) in [6, 6.07) is 2.15. The maximum atomic E-state index is 5.73. The molecule has 2 heterocycles. The van der Waals surface area contributed by atoms with Gasteiger partial charge in [0.2, 0.25) is 11.8 Å². The molecule has 1 aliphatic rings. The van der Waals surface area contributed by atoms with E-state index in [1.807, 2.05) is 6.92 Å². The molecule has 0 aliphatic carbocycles. The van der Waals surface area contributed by atoms with Gasteiger partial charge in [-0.2, -0.15) is 4.98 Å². The van der Waals surface area contributed by atoms with Crippen LogP contribution in [0.1, 0.15) is 19.8 Å². The average molecular weight is 222 g/mol. The summed E-state index contributed by atoms with van der Waals surface area (Å²) in [5.74, 6) is 1.37. The molecular formula is C11H18N4O. The van der Waals surface area contributed by atoms with Gasteiger partial charge in [-0.05, 0) is 19.8 Å². The third-order valence-electron chi connectivity index (χ3n) is 2.82. The summed E-state index contributed by atoms with van der Waals surface area (Å²) in [6.07, 6.45) is 4.02. The minimum Gasteiger partial charge on any atom is -0.478 e. The van der Waals surface area contributed by atoms with E-state index in [1.165, 1.54) is 0 Å². The number of hydrogen-bond acceptors (Lipinski definition) is 5. The van der Waals surface area contributed by atoms with E-state index in [1.54, 1.807) is 12.3 Å². The lowest BCUT2D eigenvalue weighted by atomic mass is 10.2. The minimum absolute atomic E-state index is 0.372. The Morgan fingerprint density at radius 1 is 1.62 bits per heavy atom. The summed E-state index contributed by atoms with van der Waals surface area (Å²) >= 11 is 0. The number of aromatic nitrogens is 2. The second kappa shape index (κ2) is 5.12. The minimum atomic E-state index is 0.372. The van der Waals surface area contributed by atoms with Gasteiger partial charge in [-0.1, -0.05) is 0 Å². The Balaban J connectivity index is 2.16. The van der Waals surface area contributed by atoms with Crippen LogP contribution in [-0.2, 0) is 0 Å². The first-order valence-electron chi connectivity index (χ1n) is 5.77. The van der Waals surface area contributed by atoms with Gasteiger partial charge in [-0.25, -0.2) is 4.98 Å². The van der Waals surface area contributed by atoms with E-state index < -0.39 is 0 Å². The van der Waals surface area contributed by atoms with Crippen LogP contribution in [0.4, 0.5) is 5.95 Å². The Labute approximate surface area is 95.6 Å². The molecule has 1 aromatic rings. The fourth-order valence-electron chi connectivity index (χ4n) is 2.04.